The van der Waals surface area contributed by atoms with Gasteiger partial charge in [0.2, 0.25) is 0 Å². The number of halogens is 1. The number of phenols is 1. The zero-order valence-electron chi connectivity index (χ0n) is 17.3. The molecule has 0 amide bonds. The standard InChI is InChI=1S/C22H25FN6O/c1-22-11-14(12-27(22)2)20(21(22)23)28(3)19-7-6-17(25-26-19)16-5-4-15(10-18(16)30)29-9-8-24-13-29/h4-10,13-14,20-21,30H,11-12H2,1-3H3/t14?,20-,21+,22-/m1/s1. The molecule has 2 aliphatic rings. The van der Waals surface area contributed by atoms with Crippen molar-refractivity contribution < 1.29 is 9.50 Å². The number of piperidine rings is 1. The summed E-state index contributed by atoms with van der Waals surface area (Å²) in [5.41, 5.74) is 1.57. The second-order valence-electron chi connectivity index (χ2n) is 8.65. The quantitative estimate of drug-likeness (QED) is 0.716. The maximum atomic E-state index is 15.2. The largest absolute Gasteiger partial charge is 0.507 e. The first-order chi connectivity index (χ1) is 14.4. The van der Waals surface area contributed by atoms with E-state index in [1.807, 2.05) is 60.9 Å². The first kappa shape index (κ1) is 19.0. The van der Waals surface area contributed by atoms with Crippen molar-refractivity contribution in [1.29, 1.82) is 0 Å². The van der Waals surface area contributed by atoms with Crippen LogP contribution in [0.3, 0.4) is 0 Å². The summed E-state index contributed by atoms with van der Waals surface area (Å²) in [5.74, 6) is 1.03. The average Bonchev–Trinajstić information content (AvgIpc) is 3.42. The third kappa shape index (κ3) is 2.78. The van der Waals surface area contributed by atoms with Crippen molar-refractivity contribution in [2.24, 2.45) is 5.92 Å². The van der Waals surface area contributed by atoms with Gasteiger partial charge >= 0.3 is 0 Å². The number of aromatic hydroxyl groups is 1. The van der Waals surface area contributed by atoms with Crippen LogP contribution in [0.4, 0.5) is 10.2 Å². The number of alkyl halides is 1. The second kappa shape index (κ2) is 6.77. The first-order valence-corrected chi connectivity index (χ1v) is 10.1. The molecule has 5 rings (SSSR count). The lowest BCUT2D eigenvalue weighted by Gasteiger charge is -2.42. The maximum Gasteiger partial charge on any atom is 0.151 e. The average molecular weight is 408 g/mol. The van der Waals surface area contributed by atoms with Crippen molar-refractivity contribution in [3.05, 3.63) is 49.1 Å². The second-order valence-corrected chi connectivity index (χ2v) is 8.65. The highest BCUT2D eigenvalue weighted by Gasteiger charge is 2.60. The highest BCUT2D eigenvalue weighted by Crippen LogP contribution is 2.49. The van der Waals surface area contributed by atoms with Crippen LogP contribution in [0, 0.1) is 5.92 Å². The molecule has 1 aromatic carbocycles. The third-order valence-electron chi connectivity index (χ3n) is 6.95. The molecule has 1 unspecified atom stereocenters. The highest BCUT2D eigenvalue weighted by molar-refractivity contribution is 5.69. The van der Waals surface area contributed by atoms with Crippen molar-refractivity contribution in [1.82, 2.24) is 24.6 Å². The van der Waals surface area contributed by atoms with Crippen LogP contribution in [-0.4, -0.2) is 68.1 Å². The van der Waals surface area contributed by atoms with Gasteiger partial charge in [0, 0.05) is 37.6 Å². The molecular formula is C22H25FN6O. The Morgan fingerprint density at radius 1 is 1.23 bits per heavy atom. The first-order valence-electron chi connectivity index (χ1n) is 10.1. The summed E-state index contributed by atoms with van der Waals surface area (Å²) in [4.78, 5) is 8.08. The van der Waals surface area contributed by atoms with Gasteiger partial charge in [-0.2, -0.15) is 0 Å². The smallest absolute Gasteiger partial charge is 0.151 e. The molecular weight excluding hydrogens is 383 g/mol. The molecule has 8 heteroatoms. The summed E-state index contributed by atoms with van der Waals surface area (Å²) in [6, 6.07) is 8.82. The lowest BCUT2D eigenvalue weighted by molar-refractivity contribution is 0.0572. The van der Waals surface area contributed by atoms with E-state index in [4.69, 9.17) is 0 Å². The number of phenolic OH excluding ortho intramolecular Hbond substituents is 1. The molecule has 30 heavy (non-hydrogen) atoms. The van der Waals surface area contributed by atoms with Crippen LogP contribution in [0.5, 0.6) is 5.75 Å². The molecule has 3 heterocycles. The predicted octanol–water partition coefficient (Wildman–Crippen LogP) is 2.90. The summed E-state index contributed by atoms with van der Waals surface area (Å²) in [5, 5.41) is 19.1. The summed E-state index contributed by atoms with van der Waals surface area (Å²) < 4.78 is 17.0. The number of benzene rings is 1. The Morgan fingerprint density at radius 2 is 2.07 bits per heavy atom. The minimum atomic E-state index is -0.938. The van der Waals surface area contributed by atoms with Crippen LogP contribution < -0.4 is 4.90 Å². The number of imidazole rings is 1. The molecule has 2 aromatic heterocycles. The number of rotatable bonds is 4. The summed E-state index contributed by atoms with van der Waals surface area (Å²) >= 11 is 0. The van der Waals surface area contributed by atoms with Gasteiger partial charge in [-0.25, -0.2) is 9.37 Å². The van der Waals surface area contributed by atoms with Crippen molar-refractivity contribution in [2.75, 3.05) is 25.5 Å². The fraction of sp³-hybridized carbons (Fsp3) is 0.409. The molecule has 0 radical (unpaired) electrons. The molecule has 7 nitrogen and oxygen atoms in total. The van der Waals surface area contributed by atoms with Crippen molar-refractivity contribution in [3.63, 3.8) is 0 Å². The van der Waals surface area contributed by atoms with Gasteiger partial charge in [0.05, 0.1) is 29.3 Å². The molecule has 1 saturated carbocycles. The normalized spacial score (nSPS) is 28.2. The van der Waals surface area contributed by atoms with Gasteiger partial charge in [0.1, 0.15) is 11.9 Å². The predicted molar refractivity (Wildman–Crippen MR) is 112 cm³/mol. The molecule has 2 bridgehead atoms. The van der Waals surface area contributed by atoms with Crippen LogP contribution in [0.25, 0.3) is 16.9 Å². The molecule has 3 aromatic rings. The monoisotopic (exact) mass is 408 g/mol. The number of nitrogens with zero attached hydrogens (tertiary/aromatic N) is 6. The lowest BCUT2D eigenvalue weighted by Crippen LogP contribution is -2.57. The number of fused-ring (bicyclic) bond motifs is 2. The third-order valence-corrected chi connectivity index (χ3v) is 6.95. The Kier molecular flexibility index (Phi) is 4.28. The van der Waals surface area contributed by atoms with Gasteiger partial charge in [0.15, 0.2) is 5.82 Å². The van der Waals surface area contributed by atoms with E-state index >= 15 is 4.39 Å². The Labute approximate surface area is 174 Å². The zero-order chi connectivity index (χ0) is 21.0. The number of anilines is 1. The van der Waals surface area contributed by atoms with E-state index in [1.165, 1.54) is 0 Å². The van der Waals surface area contributed by atoms with Gasteiger partial charge in [-0.3, -0.25) is 4.90 Å². The van der Waals surface area contributed by atoms with Gasteiger partial charge in [-0.05, 0) is 50.6 Å². The molecule has 1 aliphatic carbocycles. The van der Waals surface area contributed by atoms with E-state index in [0.717, 1.165) is 18.7 Å². The summed E-state index contributed by atoms with van der Waals surface area (Å²) in [7, 11) is 3.89. The number of hydrogen-bond donors (Lipinski definition) is 1. The topological polar surface area (TPSA) is 70.3 Å². The van der Waals surface area contributed by atoms with E-state index < -0.39 is 11.7 Å². The summed E-state index contributed by atoms with van der Waals surface area (Å²) in [6.07, 6.45) is 5.09. The number of aromatic nitrogens is 4. The van der Waals surface area contributed by atoms with Crippen LogP contribution in [0.1, 0.15) is 13.3 Å². The Balaban J connectivity index is 1.37. The Bertz CT molecular complexity index is 1060. The van der Waals surface area contributed by atoms with E-state index in [1.54, 1.807) is 18.6 Å². The fourth-order valence-corrected chi connectivity index (χ4v) is 5.10. The zero-order valence-corrected chi connectivity index (χ0v) is 17.3. The minimum absolute atomic E-state index is 0.115. The van der Waals surface area contributed by atoms with Crippen molar-refractivity contribution in [2.45, 2.75) is 31.1 Å². The van der Waals surface area contributed by atoms with Crippen LogP contribution in [0.2, 0.25) is 0 Å². The van der Waals surface area contributed by atoms with Gasteiger partial charge < -0.3 is 14.6 Å². The van der Waals surface area contributed by atoms with Gasteiger partial charge in [-0.15, -0.1) is 10.2 Å². The van der Waals surface area contributed by atoms with Crippen LogP contribution in [0.15, 0.2) is 49.1 Å². The SMILES string of the molecule is CN(c1ccc(-c2ccc(-n3ccnc3)cc2O)nn1)[C@@H]1C2CN(C)[C@](C)(C2)[C@H]1F. The highest BCUT2D eigenvalue weighted by atomic mass is 19.1. The fourth-order valence-electron chi connectivity index (χ4n) is 5.10. The molecule has 1 saturated heterocycles. The molecule has 1 aliphatic heterocycles. The Hall–Kier alpha value is -3.00. The van der Waals surface area contributed by atoms with Gasteiger partial charge in [-0.1, -0.05) is 0 Å². The number of hydrogen-bond acceptors (Lipinski definition) is 6. The molecule has 0 spiro atoms. The maximum absolute atomic E-state index is 15.2. The van der Waals surface area contributed by atoms with Crippen molar-refractivity contribution >= 4 is 5.82 Å². The van der Waals surface area contributed by atoms with Crippen LogP contribution >= 0.6 is 0 Å². The summed E-state index contributed by atoms with van der Waals surface area (Å²) in [6.45, 7) is 2.91. The molecule has 2 fully saturated rings. The van der Waals surface area contributed by atoms with Gasteiger partial charge in [0.25, 0.3) is 0 Å². The van der Waals surface area contributed by atoms with E-state index in [0.29, 0.717) is 17.1 Å². The Morgan fingerprint density at radius 3 is 2.67 bits per heavy atom. The lowest BCUT2D eigenvalue weighted by atomic mass is 9.95. The number of likely N-dealkylation sites (tertiary alicyclic amines) is 1. The van der Waals surface area contributed by atoms with Crippen molar-refractivity contribution in [3.8, 4) is 22.7 Å². The molecule has 156 valence electrons. The minimum Gasteiger partial charge on any atom is -0.507 e. The molecule has 4 atom stereocenters. The van der Waals surface area contributed by atoms with E-state index in [-0.39, 0.29) is 17.7 Å². The van der Waals surface area contributed by atoms with Crippen LogP contribution in [-0.2, 0) is 0 Å². The molecule has 1 N–H and O–H groups in total. The van der Waals surface area contributed by atoms with E-state index in [9.17, 15) is 5.11 Å². The van der Waals surface area contributed by atoms with E-state index in [2.05, 4.69) is 20.1 Å².